The second kappa shape index (κ2) is 7.06. The molecule has 2 rings (SSSR count). The van der Waals surface area contributed by atoms with Crippen molar-refractivity contribution in [2.45, 2.75) is 13.8 Å². The lowest BCUT2D eigenvalue weighted by molar-refractivity contribution is -0.111. The molecule has 1 aromatic heterocycles. The van der Waals surface area contributed by atoms with E-state index in [1.54, 1.807) is 19.1 Å². The van der Waals surface area contributed by atoms with Crippen molar-refractivity contribution in [3.8, 4) is 0 Å². The second-order valence-corrected chi connectivity index (χ2v) is 6.98. The van der Waals surface area contributed by atoms with E-state index >= 15 is 0 Å². The van der Waals surface area contributed by atoms with Gasteiger partial charge in [0.15, 0.2) is 0 Å². The third-order valence-electron chi connectivity index (χ3n) is 3.24. The molecule has 0 atom stereocenters. The molecule has 4 nitrogen and oxygen atoms in total. The van der Waals surface area contributed by atoms with E-state index < -0.39 is 17.6 Å². The molecule has 0 aliphatic rings. The van der Waals surface area contributed by atoms with Gasteiger partial charge >= 0.3 is 0 Å². The SMILES string of the molecule is Cc1sc(NC(=O)/C=C/c2cc(Br)ccc2F)c(C(N)=O)c1C. The van der Waals surface area contributed by atoms with E-state index in [1.807, 2.05) is 6.92 Å². The van der Waals surface area contributed by atoms with Crippen molar-refractivity contribution in [2.24, 2.45) is 5.73 Å². The number of thiophene rings is 1. The van der Waals surface area contributed by atoms with Crippen LogP contribution in [-0.2, 0) is 4.79 Å². The number of hydrogen-bond acceptors (Lipinski definition) is 3. The Kier molecular flexibility index (Phi) is 5.33. The second-order valence-electron chi connectivity index (χ2n) is 4.84. The van der Waals surface area contributed by atoms with Crippen LogP contribution in [0.5, 0.6) is 0 Å². The highest BCUT2D eigenvalue weighted by molar-refractivity contribution is 9.10. The topological polar surface area (TPSA) is 72.2 Å². The van der Waals surface area contributed by atoms with Crippen molar-refractivity contribution in [2.75, 3.05) is 5.32 Å². The molecule has 1 aromatic carbocycles. The fourth-order valence-electron chi connectivity index (χ4n) is 1.97. The van der Waals surface area contributed by atoms with Gasteiger partial charge in [-0.25, -0.2) is 4.39 Å². The number of carbonyl (C=O) groups is 2. The number of nitrogens with one attached hydrogen (secondary N) is 1. The first kappa shape index (κ1) is 17.4. The van der Waals surface area contributed by atoms with Gasteiger partial charge in [0.2, 0.25) is 5.91 Å². The number of amides is 2. The van der Waals surface area contributed by atoms with Crippen molar-refractivity contribution in [3.05, 3.63) is 56.1 Å². The maximum absolute atomic E-state index is 13.6. The van der Waals surface area contributed by atoms with E-state index in [0.29, 0.717) is 15.0 Å². The monoisotopic (exact) mass is 396 g/mol. The molecule has 1 heterocycles. The van der Waals surface area contributed by atoms with Crippen LogP contribution in [0, 0.1) is 19.7 Å². The fraction of sp³-hybridized carbons (Fsp3) is 0.125. The van der Waals surface area contributed by atoms with Crippen molar-refractivity contribution in [1.29, 1.82) is 0 Å². The summed E-state index contributed by atoms with van der Waals surface area (Å²) in [6, 6.07) is 4.44. The Bertz CT molecular complexity index is 815. The van der Waals surface area contributed by atoms with Crippen molar-refractivity contribution in [3.63, 3.8) is 0 Å². The third-order valence-corrected chi connectivity index (χ3v) is 4.86. The van der Waals surface area contributed by atoms with Gasteiger partial charge in [-0.3, -0.25) is 9.59 Å². The van der Waals surface area contributed by atoms with Gasteiger partial charge in [-0.05, 0) is 43.7 Å². The van der Waals surface area contributed by atoms with Gasteiger partial charge in [0.05, 0.1) is 5.56 Å². The molecule has 120 valence electrons. The number of carbonyl (C=O) groups excluding carboxylic acids is 2. The van der Waals surface area contributed by atoms with Crippen LogP contribution in [0.25, 0.3) is 6.08 Å². The number of anilines is 1. The zero-order chi connectivity index (χ0) is 17.1. The first-order valence-electron chi connectivity index (χ1n) is 6.63. The predicted molar refractivity (Wildman–Crippen MR) is 94.1 cm³/mol. The van der Waals surface area contributed by atoms with E-state index in [9.17, 15) is 14.0 Å². The molecule has 0 saturated heterocycles. The van der Waals surface area contributed by atoms with Crippen LogP contribution in [-0.4, -0.2) is 11.8 Å². The summed E-state index contributed by atoms with van der Waals surface area (Å²) in [5, 5.41) is 3.02. The zero-order valence-electron chi connectivity index (χ0n) is 12.4. The van der Waals surface area contributed by atoms with Crippen LogP contribution in [0.3, 0.4) is 0 Å². The van der Waals surface area contributed by atoms with Crippen molar-refractivity contribution >= 4 is 50.2 Å². The van der Waals surface area contributed by atoms with Crippen LogP contribution in [0.15, 0.2) is 28.7 Å². The van der Waals surface area contributed by atoms with Gasteiger partial charge in [-0.15, -0.1) is 11.3 Å². The van der Waals surface area contributed by atoms with Crippen molar-refractivity contribution in [1.82, 2.24) is 0 Å². The normalized spacial score (nSPS) is 11.0. The molecule has 0 radical (unpaired) electrons. The highest BCUT2D eigenvalue weighted by Crippen LogP contribution is 2.32. The van der Waals surface area contributed by atoms with Crippen LogP contribution in [0.1, 0.15) is 26.4 Å². The summed E-state index contributed by atoms with van der Waals surface area (Å²) in [6.07, 6.45) is 2.58. The first-order valence-corrected chi connectivity index (χ1v) is 8.24. The standard InChI is InChI=1S/C16H14BrFN2O2S/c1-8-9(2)23-16(14(8)15(19)22)20-13(21)6-3-10-7-11(17)4-5-12(10)18/h3-7H,1-2H3,(H2,19,22)(H,20,21)/b6-3+. The van der Waals surface area contributed by atoms with E-state index in [2.05, 4.69) is 21.2 Å². The summed E-state index contributed by atoms with van der Waals surface area (Å²) in [6.45, 7) is 3.61. The van der Waals surface area contributed by atoms with Crippen LogP contribution < -0.4 is 11.1 Å². The Hall–Kier alpha value is -1.99. The molecule has 0 unspecified atom stereocenters. The Labute approximate surface area is 145 Å². The quantitative estimate of drug-likeness (QED) is 0.765. The first-order chi connectivity index (χ1) is 10.8. The third kappa shape index (κ3) is 4.05. The molecule has 0 aliphatic carbocycles. The molecule has 0 bridgehead atoms. The van der Waals surface area contributed by atoms with Crippen LogP contribution in [0.2, 0.25) is 0 Å². The lowest BCUT2D eigenvalue weighted by Crippen LogP contribution is -2.16. The minimum absolute atomic E-state index is 0.281. The fourth-order valence-corrected chi connectivity index (χ4v) is 3.42. The Morgan fingerprint density at radius 1 is 1.35 bits per heavy atom. The van der Waals surface area contributed by atoms with Crippen LogP contribution in [0.4, 0.5) is 9.39 Å². The van der Waals surface area contributed by atoms with Crippen LogP contribution >= 0.6 is 27.3 Å². The molecule has 0 aliphatic heterocycles. The molecule has 0 saturated carbocycles. The zero-order valence-corrected chi connectivity index (χ0v) is 14.8. The Morgan fingerprint density at radius 2 is 2.04 bits per heavy atom. The summed E-state index contributed by atoms with van der Waals surface area (Å²) in [7, 11) is 0. The van der Waals surface area contributed by atoms with Gasteiger partial charge in [0, 0.05) is 21.0 Å². The molecule has 3 N–H and O–H groups in total. The number of rotatable bonds is 4. The van der Waals surface area contributed by atoms with Gasteiger partial charge in [-0.2, -0.15) is 0 Å². The number of hydrogen-bond donors (Lipinski definition) is 2. The molecule has 7 heteroatoms. The number of primary amides is 1. The number of benzene rings is 1. The molecular weight excluding hydrogens is 383 g/mol. The lowest BCUT2D eigenvalue weighted by atomic mass is 10.1. The average Bonchev–Trinajstić information content (AvgIpc) is 2.74. The maximum Gasteiger partial charge on any atom is 0.251 e. The summed E-state index contributed by atoms with van der Waals surface area (Å²) in [4.78, 5) is 24.4. The smallest absolute Gasteiger partial charge is 0.251 e. The van der Waals surface area contributed by atoms with E-state index in [1.165, 1.54) is 29.6 Å². The highest BCUT2D eigenvalue weighted by atomic mass is 79.9. The average molecular weight is 397 g/mol. The molecule has 2 aromatic rings. The molecule has 0 spiro atoms. The molecule has 0 fully saturated rings. The maximum atomic E-state index is 13.6. The van der Waals surface area contributed by atoms with Crippen molar-refractivity contribution < 1.29 is 14.0 Å². The minimum atomic E-state index is -0.593. The Morgan fingerprint density at radius 3 is 2.70 bits per heavy atom. The number of aryl methyl sites for hydroxylation is 1. The number of halogens is 2. The number of nitrogens with two attached hydrogens (primary N) is 1. The van der Waals surface area contributed by atoms with Gasteiger partial charge in [0.1, 0.15) is 10.8 Å². The van der Waals surface area contributed by atoms with Gasteiger partial charge < -0.3 is 11.1 Å². The predicted octanol–water partition coefficient (Wildman–Crippen LogP) is 4.02. The molecular formula is C16H14BrFN2O2S. The van der Waals surface area contributed by atoms with E-state index in [4.69, 9.17) is 5.73 Å². The van der Waals surface area contributed by atoms with E-state index in [0.717, 1.165) is 10.4 Å². The summed E-state index contributed by atoms with van der Waals surface area (Å²) in [5.41, 5.74) is 6.69. The molecule has 23 heavy (non-hydrogen) atoms. The summed E-state index contributed by atoms with van der Waals surface area (Å²) < 4.78 is 14.3. The lowest BCUT2D eigenvalue weighted by Gasteiger charge is -2.02. The molecule has 2 amide bonds. The van der Waals surface area contributed by atoms with E-state index in [-0.39, 0.29) is 5.56 Å². The summed E-state index contributed by atoms with van der Waals surface area (Å²) >= 11 is 4.52. The largest absolute Gasteiger partial charge is 0.365 e. The van der Waals surface area contributed by atoms with Gasteiger partial charge in [0.25, 0.3) is 5.91 Å². The Balaban J connectivity index is 2.20. The summed E-state index contributed by atoms with van der Waals surface area (Å²) in [5.74, 6) is -1.49. The minimum Gasteiger partial charge on any atom is -0.365 e. The highest BCUT2D eigenvalue weighted by Gasteiger charge is 2.18. The van der Waals surface area contributed by atoms with Gasteiger partial charge in [-0.1, -0.05) is 15.9 Å².